The molecule has 1 aromatic carbocycles. The van der Waals surface area contributed by atoms with Crippen molar-refractivity contribution < 1.29 is 17.9 Å². The summed E-state index contributed by atoms with van der Waals surface area (Å²) in [6.07, 6.45) is -4.22. The molecule has 1 aliphatic heterocycles. The highest BCUT2D eigenvalue weighted by atomic mass is 19.4. The van der Waals surface area contributed by atoms with Gasteiger partial charge in [-0.25, -0.2) is 0 Å². The summed E-state index contributed by atoms with van der Waals surface area (Å²) in [4.78, 5) is 0. The van der Waals surface area contributed by atoms with Crippen LogP contribution in [-0.4, -0.2) is 25.6 Å². The highest BCUT2D eigenvalue weighted by Crippen LogP contribution is 2.22. The summed E-state index contributed by atoms with van der Waals surface area (Å²) >= 11 is 0. The molecule has 96 valence electrons. The maximum Gasteiger partial charge on any atom is 0.522 e. The normalized spacial score (nSPS) is 17.1. The number of ether oxygens (including phenoxy) is 1. The number of hydrogen-bond donors (Lipinski definition) is 1. The fourth-order valence-electron chi connectivity index (χ4n) is 1.49. The van der Waals surface area contributed by atoms with Crippen LogP contribution >= 0.6 is 0 Å². The van der Waals surface area contributed by atoms with Crippen molar-refractivity contribution in [3.8, 4) is 0 Å². The Bertz CT molecular complexity index is 257. The van der Waals surface area contributed by atoms with Crippen molar-refractivity contribution in [3.63, 3.8) is 0 Å². The lowest BCUT2D eigenvalue weighted by molar-refractivity contribution is -0.344. The van der Waals surface area contributed by atoms with E-state index in [2.05, 4.69) is 10.1 Å². The molecule has 1 N–H and O–H groups in total. The zero-order chi connectivity index (χ0) is 12.6. The Morgan fingerprint density at radius 3 is 1.65 bits per heavy atom. The van der Waals surface area contributed by atoms with Crippen LogP contribution in [0.25, 0.3) is 0 Å². The van der Waals surface area contributed by atoms with Gasteiger partial charge in [0.25, 0.3) is 0 Å². The average molecular weight is 247 g/mol. The molecule has 1 aliphatic rings. The van der Waals surface area contributed by atoms with Gasteiger partial charge in [-0.3, -0.25) is 4.74 Å². The standard InChI is InChI=1S/C6H10F3NO.C6H6/c7-6(8,9)11-5-1-3-10-4-2-5;1-2-4-6-5-3-1/h5,10H,1-4H2;1-6H. The first-order chi connectivity index (χ1) is 8.08. The highest BCUT2D eigenvalue weighted by Gasteiger charge is 2.33. The molecule has 0 atom stereocenters. The number of hydrogen-bond acceptors (Lipinski definition) is 2. The third kappa shape index (κ3) is 7.76. The van der Waals surface area contributed by atoms with Gasteiger partial charge in [-0.15, -0.1) is 13.2 Å². The molecule has 0 unspecified atom stereocenters. The smallest absolute Gasteiger partial charge is 0.317 e. The first-order valence-corrected chi connectivity index (χ1v) is 5.53. The Morgan fingerprint density at radius 2 is 1.29 bits per heavy atom. The molecule has 0 saturated carbocycles. The van der Waals surface area contributed by atoms with Gasteiger partial charge in [-0.1, -0.05) is 36.4 Å². The second-order valence-electron chi connectivity index (χ2n) is 3.67. The minimum atomic E-state index is -4.47. The minimum absolute atomic E-state index is 0.444. The molecule has 5 heteroatoms. The Balaban J connectivity index is 0.000000202. The van der Waals surface area contributed by atoms with Gasteiger partial charge in [0.2, 0.25) is 0 Å². The fourth-order valence-corrected chi connectivity index (χ4v) is 1.49. The fraction of sp³-hybridized carbons (Fsp3) is 0.500. The molecule has 1 fully saturated rings. The molecule has 1 heterocycles. The van der Waals surface area contributed by atoms with Crippen molar-refractivity contribution in [1.82, 2.24) is 5.32 Å². The van der Waals surface area contributed by atoms with E-state index in [1.165, 1.54) is 0 Å². The molecule has 1 aromatic rings. The van der Waals surface area contributed by atoms with Crippen molar-refractivity contribution in [2.45, 2.75) is 25.3 Å². The lowest BCUT2D eigenvalue weighted by atomic mass is 10.1. The third-order valence-electron chi connectivity index (χ3n) is 2.25. The molecule has 0 aliphatic carbocycles. The predicted molar refractivity (Wildman–Crippen MR) is 59.5 cm³/mol. The Labute approximate surface area is 98.8 Å². The van der Waals surface area contributed by atoms with E-state index in [0.29, 0.717) is 25.9 Å². The van der Waals surface area contributed by atoms with Gasteiger partial charge in [-0.05, 0) is 25.9 Å². The first kappa shape index (κ1) is 14.0. The maximum absolute atomic E-state index is 11.6. The zero-order valence-corrected chi connectivity index (χ0v) is 9.41. The van der Waals surface area contributed by atoms with E-state index in [1.54, 1.807) is 0 Å². The van der Waals surface area contributed by atoms with Crippen molar-refractivity contribution in [2.75, 3.05) is 13.1 Å². The van der Waals surface area contributed by atoms with Crippen LogP contribution in [0.2, 0.25) is 0 Å². The first-order valence-electron chi connectivity index (χ1n) is 5.53. The summed E-state index contributed by atoms with van der Waals surface area (Å²) in [6.45, 7) is 1.22. The van der Waals surface area contributed by atoms with Gasteiger partial charge in [0.1, 0.15) is 0 Å². The van der Waals surface area contributed by atoms with Crippen molar-refractivity contribution >= 4 is 0 Å². The lowest BCUT2D eigenvalue weighted by Gasteiger charge is -2.23. The van der Waals surface area contributed by atoms with E-state index < -0.39 is 12.5 Å². The van der Waals surface area contributed by atoms with Gasteiger partial charge < -0.3 is 5.32 Å². The van der Waals surface area contributed by atoms with Crippen LogP contribution in [0.3, 0.4) is 0 Å². The lowest BCUT2D eigenvalue weighted by Crippen LogP contribution is -2.35. The molecule has 2 nitrogen and oxygen atoms in total. The van der Waals surface area contributed by atoms with Gasteiger partial charge >= 0.3 is 6.36 Å². The van der Waals surface area contributed by atoms with Gasteiger partial charge in [0, 0.05) is 0 Å². The van der Waals surface area contributed by atoms with E-state index in [4.69, 9.17) is 0 Å². The number of benzene rings is 1. The van der Waals surface area contributed by atoms with Crippen LogP contribution in [-0.2, 0) is 4.74 Å². The van der Waals surface area contributed by atoms with Crippen LogP contribution in [0.1, 0.15) is 12.8 Å². The molecule has 0 bridgehead atoms. The number of piperidine rings is 1. The molecule has 1 saturated heterocycles. The number of nitrogens with one attached hydrogen (secondary N) is 1. The number of rotatable bonds is 1. The van der Waals surface area contributed by atoms with Crippen LogP contribution in [0.15, 0.2) is 36.4 Å². The molecular weight excluding hydrogens is 231 g/mol. The predicted octanol–water partition coefficient (Wildman–Crippen LogP) is 2.96. The maximum atomic E-state index is 11.6. The number of alkyl halides is 3. The van der Waals surface area contributed by atoms with Gasteiger partial charge in [0.05, 0.1) is 6.10 Å². The monoisotopic (exact) mass is 247 g/mol. The van der Waals surface area contributed by atoms with Crippen molar-refractivity contribution in [2.24, 2.45) is 0 Å². The van der Waals surface area contributed by atoms with Crippen LogP contribution in [0.4, 0.5) is 13.2 Å². The third-order valence-corrected chi connectivity index (χ3v) is 2.25. The highest BCUT2D eigenvalue weighted by molar-refractivity contribution is 4.99. The van der Waals surface area contributed by atoms with Crippen molar-refractivity contribution in [3.05, 3.63) is 36.4 Å². The molecule has 17 heavy (non-hydrogen) atoms. The topological polar surface area (TPSA) is 21.3 Å². The number of halogens is 3. The second kappa shape index (κ2) is 7.29. The molecule has 0 spiro atoms. The largest absolute Gasteiger partial charge is 0.522 e. The van der Waals surface area contributed by atoms with E-state index in [0.717, 1.165) is 0 Å². The molecule has 0 radical (unpaired) electrons. The Kier molecular flexibility index (Phi) is 6.00. The minimum Gasteiger partial charge on any atom is -0.317 e. The average Bonchev–Trinajstić information content (AvgIpc) is 2.31. The van der Waals surface area contributed by atoms with E-state index in [-0.39, 0.29) is 0 Å². The quantitative estimate of drug-likeness (QED) is 0.823. The Morgan fingerprint density at radius 1 is 0.882 bits per heavy atom. The molecule has 2 rings (SSSR count). The van der Waals surface area contributed by atoms with Crippen LogP contribution in [0, 0.1) is 0 Å². The molecular formula is C12H16F3NO. The van der Waals surface area contributed by atoms with Crippen LogP contribution < -0.4 is 5.32 Å². The SMILES string of the molecule is FC(F)(F)OC1CCNCC1.c1ccccc1. The van der Waals surface area contributed by atoms with Crippen molar-refractivity contribution in [1.29, 1.82) is 0 Å². The molecule has 0 amide bonds. The van der Waals surface area contributed by atoms with E-state index >= 15 is 0 Å². The van der Waals surface area contributed by atoms with E-state index in [1.807, 2.05) is 36.4 Å². The summed E-state index contributed by atoms with van der Waals surface area (Å²) in [6, 6.07) is 12.0. The second-order valence-corrected chi connectivity index (χ2v) is 3.67. The summed E-state index contributed by atoms with van der Waals surface area (Å²) in [5, 5.41) is 2.95. The summed E-state index contributed by atoms with van der Waals surface area (Å²) in [7, 11) is 0. The van der Waals surface area contributed by atoms with E-state index in [9.17, 15) is 13.2 Å². The molecule has 0 aromatic heterocycles. The Hall–Kier alpha value is -1.07. The van der Waals surface area contributed by atoms with Crippen LogP contribution in [0.5, 0.6) is 0 Å². The zero-order valence-electron chi connectivity index (χ0n) is 9.41. The van der Waals surface area contributed by atoms with Gasteiger partial charge in [0.15, 0.2) is 0 Å². The summed E-state index contributed by atoms with van der Waals surface area (Å²) < 4.78 is 38.6. The summed E-state index contributed by atoms with van der Waals surface area (Å²) in [5.41, 5.74) is 0. The van der Waals surface area contributed by atoms with Gasteiger partial charge in [-0.2, -0.15) is 0 Å². The summed E-state index contributed by atoms with van der Waals surface area (Å²) in [5.74, 6) is 0.